The van der Waals surface area contributed by atoms with Gasteiger partial charge < -0.3 is 15.8 Å². The van der Waals surface area contributed by atoms with Crippen LogP contribution in [0.2, 0.25) is 0 Å². The van der Waals surface area contributed by atoms with Crippen LogP contribution in [0.15, 0.2) is 18.2 Å². The highest BCUT2D eigenvalue weighted by Crippen LogP contribution is 2.28. The number of carbonyl (C=O) groups is 1. The van der Waals surface area contributed by atoms with Crippen LogP contribution in [0.3, 0.4) is 0 Å². The topological polar surface area (TPSA) is 77.2 Å². The fourth-order valence-corrected chi connectivity index (χ4v) is 2.27. The molecule has 0 saturated carbocycles. The molecule has 0 saturated heterocycles. The minimum atomic E-state index is -0.640. The molecule has 0 unspecified atom stereocenters. The van der Waals surface area contributed by atoms with Gasteiger partial charge in [0.25, 0.3) is 0 Å². The van der Waals surface area contributed by atoms with Gasteiger partial charge in [-0.2, -0.15) is 4.37 Å². The molecular weight excluding hydrogens is 288 g/mol. The lowest BCUT2D eigenvalue weighted by Crippen LogP contribution is -2.08. The molecule has 106 valence electrons. The summed E-state index contributed by atoms with van der Waals surface area (Å²) in [6.45, 7) is -0.00474. The number of nitrogen functional groups attached to an aromatic ring is 1. The van der Waals surface area contributed by atoms with Crippen LogP contribution in [0, 0.1) is 11.6 Å². The molecule has 0 aliphatic heterocycles. The predicted molar refractivity (Wildman–Crippen MR) is 71.6 cm³/mol. The van der Waals surface area contributed by atoms with Crippen LogP contribution in [-0.2, 0) is 11.3 Å². The van der Waals surface area contributed by atoms with Gasteiger partial charge in [-0.3, -0.25) is 0 Å². The monoisotopic (exact) mass is 299 g/mol. The number of halogens is 2. The summed E-state index contributed by atoms with van der Waals surface area (Å²) in [6, 6.07) is 3.14. The largest absolute Gasteiger partial charge is 0.465 e. The van der Waals surface area contributed by atoms with Crippen molar-refractivity contribution in [2.75, 3.05) is 18.2 Å². The second kappa shape index (κ2) is 5.83. The van der Waals surface area contributed by atoms with E-state index in [1.807, 2.05) is 0 Å². The number of rotatable bonds is 4. The lowest BCUT2D eigenvalue weighted by atomic mass is 10.2. The number of hydrogen-bond donors (Lipinski definition) is 2. The fourth-order valence-electron chi connectivity index (χ4n) is 1.58. The van der Waals surface area contributed by atoms with Gasteiger partial charge in [-0.15, -0.1) is 0 Å². The second-order valence-corrected chi connectivity index (χ2v) is 4.63. The minimum absolute atomic E-state index is 0.00474. The number of anilines is 2. The molecule has 0 fully saturated rings. The van der Waals surface area contributed by atoms with E-state index in [2.05, 4.69) is 14.4 Å². The van der Waals surface area contributed by atoms with E-state index in [1.54, 1.807) is 0 Å². The average Bonchev–Trinajstić information content (AvgIpc) is 2.80. The summed E-state index contributed by atoms with van der Waals surface area (Å²) < 4.78 is 34.9. The Morgan fingerprint density at radius 3 is 2.95 bits per heavy atom. The van der Waals surface area contributed by atoms with Gasteiger partial charge in [0.2, 0.25) is 0 Å². The molecule has 1 aromatic heterocycles. The van der Waals surface area contributed by atoms with Gasteiger partial charge in [0.15, 0.2) is 5.82 Å². The zero-order valence-electron chi connectivity index (χ0n) is 10.4. The van der Waals surface area contributed by atoms with Gasteiger partial charge >= 0.3 is 5.97 Å². The molecule has 5 nitrogen and oxygen atoms in total. The Kier molecular flexibility index (Phi) is 4.14. The first-order chi connectivity index (χ1) is 9.52. The molecule has 0 aliphatic rings. The standard InChI is InChI=1S/C12H11F2N3O2S/c1-19-12(18)9-10(15)17-20-11(9)16-5-6-4-7(13)2-3-8(6)14/h2-4,16H,5H2,1H3,(H2,15,17). The fraction of sp³-hybridized carbons (Fsp3) is 0.167. The van der Waals surface area contributed by atoms with Gasteiger partial charge in [0, 0.05) is 12.1 Å². The van der Waals surface area contributed by atoms with Crippen molar-refractivity contribution in [1.82, 2.24) is 4.37 Å². The summed E-state index contributed by atoms with van der Waals surface area (Å²) in [5.74, 6) is -1.70. The lowest BCUT2D eigenvalue weighted by Gasteiger charge is -2.07. The zero-order valence-corrected chi connectivity index (χ0v) is 11.3. The van der Waals surface area contributed by atoms with Crippen molar-refractivity contribution in [1.29, 1.82) is 0 Å². The Morgan fingerprint density at radius 1 is 1.50 bits per heavy atom. The number of carbonyl (C=O) groups excluding carboxylic acids is 1. The maximum atomic E-state index is 13.5. The third-order valence-electron chi connectivity index (χ3n) is 2.56. The molecule has 0 amide bonds. The van der Waals surface area contributed by atoms with Crippen molar-refractivity contribution in [2.24, 2.45) is 0 Å². The summed E-state index contributed by atoms with van der Waals surface area (Å²) in [7, 11) is 1.22. The number of nitrogens with one attached hydrogen (secondary N) is 1. The molecular formula is C12H11F2N3O2S. The Bertz CT molecular complexity index is 646. The molecule has 2 aromatic rings. The van der Waals surface area contributed by atoms with Crippen molar-refractivity contribution >= 4 is 28.3 Å². The van der Waals surface area contributed by atoms with Crippen LogP contribution in [0.5, 0.6) is 0 Å². The Labute approximate surface area is 117 Å². The molecule has 0 bridgehead atoms. The van der Waals surface area contributed by atoms with Crippen molar-refractivity contribution in [2.45, 2.75) is 6.54 Å². The molecule has 0 radical (unpaired) electrons. The van der Waals surface area contributed by atoms with Gasteiger partial charge in [0.05, 0.1) is 7.11 Å². The number of benzene rings is 1. The van der Waals surface area contributed by atoms with Crippen LogP contribution in [0.25, 0.3) is 0 Å². The SMILES string of the molecule is COC(=O)c1c(N)nsc1NCc1cc(F)ccc1F. The number of nitrogens with two attached hydrogens (primary N) is 1. The van der Waals surface area contributed by atoms with E-state index in [-0.39, 0.29) is 23.5 Å². The minimum Gasteiger partial charge on any atom is -0.465 e. The molecule has 8 heteroatoms. The van der Waals surface area contributed by atoms with E-state index in [0.717, 1.165) is 29.7 Å². The third-order valence-corrected chi connectivity index (χ3v) is 3.37. The first-order valence-corrected chi connectivity index (χ1v) is 6.31. The Morgan fingerprint density at radius 2 is 2.25 bits per heavy atom. The summed E-state index contributed by atoms with van der Waals surface area (Å²) in [5.41, 5.74) is 5.79. The first kappa shape index (κ1) is 14.2. The van der Waals surface area contributed by atoms with Crippen molar-refractivity contribution < 1.29 is 18.3 Å². The van der Waals surface area contributed by atoms with E-state index in [1.165, 1.54) is 7.11 Å². The molecule has 2 rings (SSSR count). The quantitative estimate of drug-likeness (QED) is 0.848. The summed E-state index contributed by atoms with van der Waals surface area (Å²) in [6.07, 6.45) is 0. The number of ether oxygens (including phenoxy) is 1. The van der Waals surface area contributed by atoms with E-state index in [4.69, 9.17) is 5.73 Å². The van der Waals surface area contributed by atoms with E-state index in [9.17, 15) is 13.6 Å². The third kappa shape index (κ3) is 2.85. The second-order valence-electron chi connectivity index (χ2n) is 3.85. The molecule has 1 heterocycles. The van der Waals surface area contributed by atoms with Gasteiger partial charge in [-0.05, 0) is 29.7 Å². The molecule has 0 spiro atoms. The first-order valence-electron chi connectivity index (χ1n) is 5.54. The number of nitrogens with zero attached hydrogens (tertiary/aromatic N) is 1. The maximum Gasteiger partial charge on any atom is 0.344 e. The van der Waals surface area contributed by atoms with Crippen molar-refractivity contribution in [3.05, 3.63) is 41.0 Å². The molecule has 20 heavy (non-hydrogen) atoms. The van der Waals surface area contributed by atoms with Crippen LogP contribution < -0.4 is 11.1 Å². The highest BCUT2D eigenvalue weighted by Gasteiger charge is 2.20. The van der Waals surface area contributed by atoms with E-state index < -0.39 is 17.6 Å². The van der Waals surface area contributed by atoms with Crippen LogP contribution in [0.1, 0.15) is 15.9 Å². The summed E-state index contributed by atoms with van der Waals surface area (Å²) >= 11 is 0.946. The molecule has 0 atom stereocenters. The van der Waals surface area contributed by atoms with Crippen LogP contribution in [-0.4, -0.2) is 17.5 Å². The van der Waals surface area contributed by atoms with E-state index >= 15 is 0 Å². The average molecular weight is 299 g/mol. The zero-order chi connectivity index (χ0) is 14.7. The van der Waals surface area contributed by atoms with Crippen LogP contribution >= 0.6 is 11.5 Å². The predicted octanol–water partition coefficient (Wildman–Crippen LogP) is 2.40. The Hall–Kier alpha value is -2.22. The number of methoxy groups -OCH3 is 1. The summed E-state index contributed by atoms with van der Waals surface area (Å²) in [4.78, 5) is 11.5. The molecule has 1 aromatic carbocycles. The molecule has 3 N–H and O–H groups in total. The van der Waals surface area contributed by atoms with Gasteiger partial charge in [-0.1, -0.05) is 0 Å². The maximum absolute atomic E-state index is 13.5. The normalized spacial score (nSPS) is 10.3. The van der Waals surface area contributed by atoms with Gasteiger partial charge in [0.1, 0.15) is 22.2 Å². The highest BCUT2D eigenvalue weighted by atomic mass is 32.1. The summed E-state index contributed by atoms with van der Waals surface area (Å²) in [5, 5.41) is 3.15. The Balaban J connectivity index is 2.19. The van der Waals surface area contributed by atoms with Gasteiger partial charge in [-0.25, -0.2) is 13.6 Å². The van der Waals surface area contributed by atoms with E-state index in [0.29, 0.717) is 5.00 Å². The smallest absolute Gasteiger partial charge is 0.344 e. The lowest BCUT2D eigenvalue weighted by molar-refractivity contribution is 0.0603. The van der Waals surface area contributed by atoms with Crippen molar-refractivity contribution in [3.8, 4) is 0 Å². The van der Waals surface area contributed by atoms with Crippen LogP contribution in [0.4, 0.5) is 19.6 Å². The van der Waals surface area contributed by atoms with Crippen molar-refractivity contribution in [3.63, 3.8) is 0 Å². The number of aromatic nitrogens is 1. The highest BCUT2D eigenvalue weighted by molar-refractivity contribution is 7.11. The number of hydrogen-bond acceptors (Lipinski definition) is 6. The molecule has 0 aliphatic carbocycles. The number of esters is 1.